The molecule has 0 fully saturated rings. The predicted octanol–water partition coefficient (Wildman–Crippen LogP) is 2.28. The van der Waals surface area contributed by atoms with E-state index in [4.69, 9.17) is 0 Å². The van der Waals surface area contributed by atoms with Gasteiger partial charge in [0.05, 0.1) is 18.0 Å². The van der Waals surface area contributed by atoms with Gasteiger partial charge in [0.2, 0.25) is 6.17 Å². The van der Waals surface area contributed by atoms with Crippen molar-refractivity contribution in [3.8, 4) is 0 Å². The van der Waals surface area contributed by atoms with E-state index in [9.17, 15) is 14.4 Å². The molecule has 144 valence electrons. The number of ether oxygens (including phenoxy) is 1. The number of aliphatic imine (C=N–C) groups is 1. The number of alkyl carbamates (subject to hydrolysis) is 1. The normalized spacial score (nSPS) is 15.8. The van der Waals surface area contributed by atoms with Gasteiger partial charge >= 0.3 is 12.1 Å². The highest BCUT2D eigenvalue weighted by atomic mass is 16.5. The lowest BCUT2D eigenvalue weighted by molar-refractivity contribution is -0.119. The molecule has 4 amide bonds. The minimum atomic E-state index is -1.21. The molecule has 1 aliphatic rings. The molecule has 0 radical (unpaired) electrons. The minimum absolute atomic E-state index is 0.121. The largest absolute Gasteiger partial charge is 0.450 e. The van der Waals surface area contributed by atoms with Gasteiger partial charge < -0.3 is 15.0 Å². The fraction of sp³-hybridized carbons (Fsp3) is 0.200. The average molecular weight is 380 g/mol. The average Bonchev–Trinajstić information content (AvgIpc) is 2.79. The summed E-state index contributed by atoms with van der Waals surface area (Å²) in [4.78, 5) is 42.4. The molecule has 2 N–H and O–H groups in total. The SMILES string of the molecule is CCOC(=O)NC(=O)N[C@@H]1N=C(c2ccccc2)c2ccccc2N(C)C1=O. The third-order valence-electron chi connectivity index (χ3n) is 4.15. The second-order valence-electron chi connectivity index (χ2n) is 5.98. The van der Waals surface area contributed by atoms with E-state index in [-0.39, 0.29) is 6.61 Å². The maximum absolute atomic E-state index is 12.9. The molecule has 0 saturated carbocycles. The molecule has 8 heteroatoms. The third-order valence-corrected chi connectivity index (χ3v) is 4.15. The standard InChI is InChI=1S/C20H20N4O4/c1-3-28-20(27)23-19(26)22-17-18(25)24(2)15-12-8-7-11-14(15)16(21-17)13-9-5-4-6-10-13/h4-12,17H,3H2,1-2H3,(H2,22,23,26,27)/t17-/m0/s1. The number of nitrogens with one attached hydrogen (secondary N) is 2. The van der Waals surface area contributed by atoms with Crippen molar-refractivity contribution in [2.75, 3.05) is 18.6 Å². The van der Waals surface area contributed by atoms with Gasteiger partial charge in [-0.25, -0.2) is 19.9 Å². The number of rotatable bonds is 3. The van der Waals surface area contributed by atoms with Crippen LogP contribution in [0.2, 0.25) is 0 Å². The van der Waals surface area contributed by atoms with Crippen LogP contribution < -0.4 is 15.5 Å². The summed E-state index contributed by atoms with van der Waals surface area (Å²) in [6.45, 7) is 1.74. The summed E-state index contributed by atoms with van der Waals surface area (Å²) >= 11 is 0. The summed E-state index contributed by atoms with van der Waals surface area (Å²) in [7, 11) is 1.61. The van der Waals surface area contributed by atoms with Crippen LogP contribution >= 0.6 is 0 Å². The number of nitrogens with zero attached hydrogens (tertiary/aromatic N) is 2. The van der Waals surface area contributed by atoms with Crippen molar-refractivity contribution in [2.45, 2.75) is 13.1 Å². The van der Waals surface area contributed by atoms with Crippen molar-refractivity contribution in [2.24, 2.45) is 4.99 Å². The molecule has 0 spiro atoms. The van der Waals surface area contributed by atoms with E-state index in [1.165, 1.54) is 4.90 Å². The number of benzodiazepines with no additional fused rings is 1. The van der Waals surface area contributed by atoms with Crippen LogP contribution in [-0.2, 0) is 9.53 Å². The Balaban J connectivity index is 1.98. The van der Waals surface area contributed by atoms with Gasteiger partial charge in [-0.3, -0.25) is 4.79 Å². The summed E-state index contributed by atoms with van der Waals surface area (Å²) in [6, 6.07) is 15.9. The summed E-state index contributed by atoms with van der Waals surface area (Å²) in [5.74, 6) is -0.433. The number of likely N-dealkylation sites (N-methyl/N-ethyl adjacent to an activating group) is 1. The molecular formula is C20H20N4O4. The van der Waals surface area contributed by atoms with E-state index in [2.05, 4.69) is 15.0 Å². The van der Waals surface area contributed by atoms with Crippen LogP contribution in [0.15, 0.2) is 59.6 Å². The smallest absolute Gasteiger partial charge is 0.415 e. The fourth-order valence-corrected chi connectivity index (χ4v) is 2.86. The Kier molecular flexibility index (Phi) is 5.69. The number of hydrogen-bond acceptors (Lipinski definition) is 5. The second-order valence-corrected chi connectivity index (χ2v) is 5.98. The molecule has 1 atom stereocenters. The number of urea groups is 1. The van der Waals surface area contributed by atoms with E-state index in [1.807, 2.05) is 59.9 Å². The van der Waals surface area contributed by atoms with Crippen LogP contribution in [0.5, 0.6) is 0 Å². The van der Waals surface area contributed by atoms with Gasteiger partial charge in [-0.2, -0.15) is 0 Å². The molecule has 2 aromatic rings. The van der Waals surface area contributed by atoms with E-state index in [0.717, 1.165) is 11.1 Å². The molecule has 0 aromatic heterocycles. The molecule has 28 heavy (non-hydrogen) atoms. The molecule has 8 nitrogen and oxygen atoms in total. The summed E-state index contributed by atoms with van der Waals surface area (Å²) in [5, 5.41) is 4.44. The quantitative estimate of drug-likeness (QED) is 0.853. The van der Waals surface area contributed by atoms with Crippen molar-refractivity contribution in [3.05, 3.63) is 65.7 Å². The number of carbonyl (C=O) groups is 3. The van der Waals surface area contributed by atoms with Crippen LogP contribution in [0.1, 0.15) is 18.1 Å². The predicted molar refractivity (Wildman–Crippen MR) is 104 cm³/mol. The zero-order valence-electron chi connectivity index (χ0n) is 15.5. The van der Waals surface area contributed by atoms with E-state index >= 15 is 0 Å². The lowest BCUT2D eigenvalue weighted by atomic mass is 10.0. The maximum atomic E-state index is 12.9. The molecule has 0 saturated heterocycles. The summed E-state index contributed by atoms with van der Waals surface area (Å²) in [6.07, 6.45) is -2.10. The first-order chi connectivity index (χ1) is 13.5. The molecule has 3 rings (SSSR count). The molecule has 2 aromatic carbocycles. The van der Waals surface area contributed by atoms with Crippen molar-refractivity contribution >= 4 is 29.4 Å². The highest BCUT2D eigenvalue weighted by Crippen LogP contribution is 2.26. The van der Waals surface area contributed by atoms with Gasteiger partial charge in [0.25, 0.3) is 5.91 Å². The van der Waals surface area contributed by atoms with Crippen LogP contribution in [-0.4, -0.2) is 43.6 Å². The maximum Gasteiger partial charge on any atom is 0.415 e. The highest BCUT2D eigenvalue weighted by Gasteiger charge is 2.31. The number of fused-ring (bicyclic) bond motifs is 1. The number of hydrogen-bond donors (Lipinski definition) is 2. The highest BCUT2D eigenvalue weighted by molar-refractivity contribution is 6.20. The van der Waals surface area contributed by atoms with Gasteiger partial charge in [0, 0.05) is 18.2 Å². The Morgan fingerprint density at radius 1 is 1.11 bits per heavy atom. The zero-order valence-corrected chi connectivity index (χ0v) is 15.5. The second kappa shape index (κ2) is 8.34. The Bertz CT molecular complexity index is 927. The van der Waals surface area contributed by atoms with Gasteiger partial charge in [-0.1, -0.05) is 48.5 Å². The van der Waals surface area contributed by atoms with Gasteiger partial charge in [-0.15, -0.1) is 0 Å². The zero-order chi connectivity index (χ0) is 20.1. The van der Waals surface area contributed by atoms with Crippen LogP contribution in [0, 0.1) is 0 Å². The molecule has 0 bridgehead atoms. The number of anilines is 1. The molecular weight excluding hydrogens is 360 g/mol. The number of benzene rings is 2. The van der Waals surface area contributed by atoms with Crippen LogP contribution in [0.3, 0.4) is 0 Å². The number of carbonyl (C=O) groups excluding carboxylic acids is 3. The lowest BCUT2D eigenvalue weighted by Gasteiger charge is -2.20. The van der Waals surface area contributed by atoms with Crippen LogP contribution in [0.4, 0.5) is 15.3 Å². The number of imide groups is 1. The van der Waals surface area contributed by atoms with Crippen molar-refractivity contribution in [1.82, 2.24) is 10.6 Å². The Morgan fingerprint density at radius 3 is 2.50 bits per heavy atom. The number of para-hydroxylation sites is 1. The first-order valence-corrected chi connectivity index (χ1v) is 8.75. The van der Waals surface area contributed by atoms with E-state index in [1.54, 1.807) is 14.0 Å². The topological polar surface area (TPSA) is 100 Å². The van der Waals surface area contributed by atoms with Gasteiger partial charge in [0.15, 0.2) is 0 Å². The minimum Gasteiger partial charge on any atom is -0.450 e. The molecule has 0 aliphatic carbocycles. The van der Waals surface area contributed by atoms with E-state index < -0.39 is 24.2 Å². The molecule has 0 unspecified atom stereocenters. The summed E-state index contributed by atoms with van der Waals surface area (Å²) in [5.41, 5.74) is 2.80. The van der Waals surface area contributed by atoms with E-state index in [0.29, 0.717) is 11.4 Å². The molecule has 1 heterocycles. The Hall–Kier alpha value is -3.68. The monoisotopic (exact) mass is 380 g/mol. The van der Waals surface area contributed by atoms with Crippen molar-refractivity contribution in [1.29, 1.82) is 0 Å². The fourth-order valence-electron chi connectivity index (χ4n) is 2.86. The third kappa shape index (κ3) is 4.01. The van der Waals surface area contributed by atoms with Crippen molar-refractivity contribution in [3.63, 3.8) is 0 Å². The Labute approximate surface area is 162 Å². The molecule has 1 aliphatic heterocycles. The lowest BCUT2D eigenvalue weighted by Crippen LogP contribution is -2.50. The first-order valence-electron chi connectivity index (χ1n) is 8.75. The number of amides is 4. The Morgan fingerprint density at radius 2 is 1.79 bits per heavy atom. The van der Waals surface area contributed by atoms with Crippen molar-refractivity contribution < 1.29 is 19.1 Å². The van der Waals surface area contributed by atoms with Gasteiger partial charge in [-0.05, 0) is 13.0 Å². The first kappa shape index (κ1) is 19.1. The summed E-state index contributed by atoms with van der Waals surface area (Å²) < 4.78 is 4.67. The van der Waals surface area contributed by atoms with Crippen LogP contribution in [0.25, 0.3) is 0 Å². The van der Waals surface area contributed by atoms with Gasteiger partial charge in [0.1, 0.15) is 0 Å².